The van der Waals surface area contributed by atoms with Gasteiger partial charge in [-0.15, -0.1) is 0 Å². The largest absolute Gasteiger partial charge is 0.493 e. The van der Waals surface area contributed by atoms with E-state index in [1.54, 1.807) is 12.0 Å². The Morgan fingerprint density at radius 2 is 1.86 bits per heavy atom. The SMILES string of the molecule is COc1cccc(C[NH2+]CCC[NH+]2CCOCC2)c1OCc1ccccc1Cl. The Labute approximate surface area is 172 Å². The number of morpholine rings is 1. The molecule has 0 spiro atoms. The smallest absolute Gasteiger partial charge is 0.170 e. The highest BCUT2D eigenvalue weighted by atomic mass is 35.5. The molecule has 1 aliphatic heterocycles. The number of nitrogens with two attached hydrogens (primary N) is 1. The van der Waals surface area contributed by atoms with Crippen molar-refractivity contribution < 1.29 is 24.4 Å². The molecule has 1 fully saturated rings. The minimum Gasteiger partial charge on any atom is -0.493 e. The summed E-state index contributed by atoms with van der Waals surface area (Å²) in [5.74, 6) is 1.57. The molecule has 28 heavy (non-hydrogen) atoms. The zero-order valence-electron chi connectivity index (χ0n) is 16.6. The van der Waals surface area contributed by atoms with E-state index in [-0.39, 0.29) is 0 Å². The summed E-state index contributed by atoms with van der Waals surface area (Å²) < 4.78 is 17.1. The molecule has 6 heteroatoms. The summed E-state index contributed by atoms with van der Waals surface area (Å²) in [4.78, 5) is 1.66. The van der Waals surface area contributed by atoms with Crippen LogP contribution in [0.4, 0.5) is 0 Å². The van der Waals surface area contributed by atoms with Crippen molar-refractivity contribution >= 4 is 11.6 Å². The molecule has 3 N–H and O–H groups in total. The van der Waals surface area contributed by atoms with Gasteiger partial charge in [-0.25, -0.2) is 0 Å². The Bertz CT molecular complexity index is 735. The molecule has 0 unspecified atom stereocenters. The van der Waals surface area contributed by atoms with E-state index in [1.165, 1.54) is 13.0 Å². The number of benzene rings is 2. The number of halogens is 1. The number of hydrogen-bond acceptors (Lipinski definition) is 3. The van der Waals surface area contributed by atoms with Gasteiger partial charge in [0.15, 0.2) is 11.5 Å². The summed E-state index contributed by atoms with van der Waals surface area (Å²) in [6.45, 7) is 7.68. The third-order valence-corrected chi connectivity index (χ3v) is 5.48. The predicted octanol–water partition coefficient (Wildman–Crippen LogP) is 1.30. The van der Waals surface area contributed by atoms with Crippen LogP contribution in [-0.4, -0.2) is 46.5 Å². The molecule has 3 rings (SSSR count). The van der Waals surface area contributed by atoms with Gasteiger partial charge in [0.25, 0.3) is 0 Å². The van der Waals surface area contributed by atoms with Crippen LogP contribution in [-0.2, 0) is 17.9 Å². The van der Waals surface area contributed by atoms with Gasteiger partial charge in [-0.1, -0.05) is 35.9 Å². The third-order valence-electron chi connectivity index (χ3n) is 5.11. The molecule has 1 saturated heterocycles. The van der Waals surface area contributed by atoms with Crippen LogP contribution in [0.25, 0.3) is 0 Å². The highest BCUT2D eigenvalue weighted by molar-refractivity contribution is 6.31. The van der Waals surface area contributed by atoms with Gasteiger partial charge in [-0.3, -0.25) is 0 Å². The maximum Gasteiger partial charge on any atom is 0.170 e. The van der Waals surface area contributed by atoms with Crippen LogP contribution in [0.3, 0.4) is 0 Å². The number of methoxy groups -OCH3 is 1. The molecule has 0 saturated carbocycles. The van der Waals surface area contributed by atoms with Crippen LogP contribution >= 0.6 is 11.6 Å². The first-order chi connectivity index (χ1) is 13.8. The van der Waals surface area contributed by atoms with Crippen LogP contribution in [0.15, 0.2) is 42.5 Å². The first-order valence-corrected chi connectivity index (χ1v) is 10.4. The minimum absolute atomic E-state index is 0.424. The van der Waals surface area contributed by atoms with Gasteiger partial charge in [0, 0.05) is 17.0 Å². The topological polar surface area (TPSA) is 48.7 Å². The Kier molecular flexibility index (Phi) is 8.42. The molecule has 0 bridgehead atoms. The van der Waals surface area contributed by atoms with Gasteiger partial charge < -0.3 is 24.4 Å². The molecule has 0 aromatic heterocycles. The molecule has 0 aliphatic carbocycles. The zero-order chi connectivity index (χ0) is 19.6. The number of para-hydroxylation sites is 1. The van der Waals surface area contributed by atoms with Gasteiger partial charge in [-0.05, 0) is 18.2 Å². The number of hydrogen-bond donors (Lipinski definition) is 2. The van der Waals surface area contributed by atoms with Crippen molar-refractivity contribution in [3.8, 4) is 11.5 Å². The van der Waals surface area contributed by atoms with E-state index in [0.717, 1.165) is 67.0 Å². The summed E-state index contributed by atoms with van der Waals surface area (Å²) in [5, 5.41) is 3.06. The average Bonchev–Trinajstić information content (AvgIpc) is 2.74. The van der Waals surface area contributed by atoms with Crippen LogP contribution in [0.2, 0.25) is 5.02 Å². The Hall–Kier alpha value is -1.79. The molecule has 0 radical (unpaired) electrons. The maximum absolute atomic E-state index is 6.26. The summed E-state index contributed by atoms with van der Waals surface area (Å²) >= 11 is 6.26. The lowest BCUT2D eigenvalue weighted by atomic mass is 10.1. The lowest BCUT2D eigenvalue weighted by molar-refractivity contribution is -0.909. The quantitative estimate of drug-likeness (QED) is 0.585. The summed E-state index contributed by atoms with van der Waals surface area (Å²) in [6.07, 6.45) is 1.20. The van der Waals surface area contributed by atoms with Crippen LogP contribution in [0, 0.1) is 0 Å². The van der Waals surface area contributed by atoms with Crippen molar-refractivity contribution in [1.82, 2.24) is 0 Å². The lowest BCUT2D eigenvalue weighted by Gasteiger charge is -2.23. The highest BCUT2D eigenvalue weighted by Crippen LogP contribution is 2.32. The van der Waals surface area contributed by atoms with Crippen LogP contribution in [0.1, 0.15) is 17.5 Å². The van der Waals surface area contributed by atoms with E-state index in [1.807, 2.05) is 36.4 Å². The number of rotatable bonds is 10. The Morgan fingerprint density at radius 3 is 2.64 bits per heavy atom. The summed E-state index contributed by atoms with van der Waals surface area (Å²) in [5.41, 5.74) is 2.11. The van der Waals surface area contributed by atoms with Gasteiger partial charge >= 0.3 is 0 Å². The molecule has 5 nitrogen and oxygen atoms in total. The van der Waals surface area contributed by atoms with Crippen molar-refractivity contribution in [2.24, 2.45) is 0 Å². The Morgan fingerprint density at radius 1 is 1.07 bits per heavy atom. The predicted molar refractivity (Wildman–Crippen MR) is 110 cm³/mol. The lowest BCUT2D eigenvalue weighted by Crippen LogP contribution is -3.14. The second-order valence-electron chi connectivity index (χ2n) is 7.08. The molecule has 0 atom stereocenters. The minimum atomic E-state index is 0.424. The molecule has 1 heterocycles. The normalized spacial score (nSPS) is 14.8. The van der Waals surface area contributed by atoms with Gasteiger partial charge in [0.2, 0.25) is 0 Å². The fraction of sp³-hybridized carbons (Fsp3) is 0.455. The number of nitrogens with one attached hydrogen (secondary N) is 1. The first kappa shape index (κ1) is 20.9. The summed E-state index contributed by atoms with van der Waals surface area (Å²) in [7, 11) is 1.68. The third kappa shape index (κ3) is 6.11. The molecule has 0 amide bonds. The fourth-order valence-corrected chi connectivity index (χ4v) is 3.67. The maximum atomic E-state index is 6.26. The fourth-order valence-electron chi connectivity index (χ4n) is 3.48. The zero-order valence-corrected chi connectivity index (χ0v) is 17.3. The molecular formula is C22H31ClN2O3+2. The van der Waals surface area contributed by atoms with E-state index in [4.69, 9.17) is 25.8 Å². The van der Waals surface area contributed by atoms with Crippen molar-refractivity contribution in [2.75, 3.05) is 46.5 Å². The average molecular weight is 407 g/mol. The van der Waals surface area contributed by atoms with E-state index >= 15 is 0 Å². The molecule has 2 aromatic carbocycles. The van der Waals surface area contributed by atoms with Gasteiger partial charge in [0.05, 0.1) is 39.0 Å². The van der Waals surface area contributed by atoms with Crippen molar-refractivity contribution in [1.29, 1.82) is 0 Å². The first-order valence-electron chi connectivity index (χ1n) is 10.0. The second kappa shape index (κ2) is 11.3. The highest BCUT2D eigenvalue weighted by Gasteiger charge is 2.15. The molecule has 1 aliphatic rings. The van der Waals surface area contributed by atoms with Crippen LogP contribution < -0.4 is 19.7 Å². The number of quaternary nitrogens is 2. The standard InChI is InChI=1S/C22H29ClN2O3/c1-26-21-9-4-7-18(16-24-10-5-11-25-12-14-27-15-13-25)22(21)28-17-19-6-2-3-8-20(19)23/h2-4,6-9,24H,5,10-17H2,1H3/p+2. The monoisotopic (exact) mass is 406 g/mol. The van der Waals surface area contributed by atoms with Gasteiger partial charge in [-0.2, -0.15) is 0 Å². The molecule has 2 aromatic rings. The number of ether oxygens (including phenoxy) is 3. The van der Waals surface area contributed by atoms with E-state index < -0.39 is 0 Å². The van der Waals surface area contributed by atoms with Crippen molar-refractivity contribution in [3.05, 3.63) is 58.6 Å². The van der Waals surface area contributed by atoms with Crippen molar-refractivity contribution in [3.63, 3.8) is 0 Å². The van der Waals surface area contributed by atoms with Gasteiger partial charge in [0.1, 0.15) is 26.2 Å². The summed E-state index contributed by atoms with van der Waals surface area (Å²) in [6, 6.07) is 13.8. The van der Waals surface area contributed by atoms with E-state index in [2.05, 4.69) is 11.4 Å². The van der Waals surface area contributed by atoms with E-state index in [0.29, 0.717) is 6.61 Å². The van der Waals surface area contributed by atoms with Crippen LogP contribution in [0.5, 0.6) is 11.5 Å². The Balaban J connectivity index is 1.52. The molecule has 152 valence electrons. The van der Waals surface area contributed by atoms with E-state index in [9.17, 15) is 0 Å². The second-order valence-corrected chi connectivity index (χ2v) is 7.48. The van der Waals surface area contributed by atoms with Crippen molar-refractivity contribution in [2.45, 2.75) is 19.6 Å². The molecular weight excluding hydrogens is 376 g/mol.